The molecule has 3 aromatic rings. The Labute approximate surface area is 225 Å². The Morgan fingerprint density at radius 3 is 2.33 bits per heavy atom. The molecule has 0 bridgehead atoms. The Hall–Kier alpha value is -4.47. The molecule has 1 amide bonds. The van der Waals surface area contributed by atoms with Gasteiger partial charge in [0, 0.05) is 11.1 Å². The van der Waals surface area contributed by atoms with Gasteiger partial charge in [0.2, 0.25) is 0 Å². The SMILES string of the molecule is CC1(C)[C@H](C(=O)OC(c2ccccc2)c2ccccc2)N2C(=O)C(=Cc3cc(CN=[N+]=[N-])ccn3)[C@H]2S1(=O)=O. The summed E-state index contributed by atoms with van der Waals surface area (Å²) >= 11 is 0. The van der Waals surface area contributed by atoms with Crippen LogP contribution in [0.25, 0.3) is 16.5 Å². The summed E-state index contributed by atoms with van der Waals surface area (Å²) in [5, 5.41) is 2.21. The van der Waals surface area contributed by atoms with Crippen LogP contribution in [0.3, 0.4) is 0 Å². The van der Waals surface area contributed by atoms with Gasteiger partial charge in [-0.3, -0.25) is 9.78 Å². The van der Waals surface area contributed by atoms with Crippen molar-refractivity contribution in [1.82, 2.24) is 9.88 Å². The number of azide groups is 1. The fourth-order valence-electron chi connectivity index (χ4n) is 5.03. The molecule has 10 nitrogen and oxygen atoms in total. The second-order valence-electron chi connectivity index (χ2n) is 9.83. The zero-order valence-electron chi connectivity index (χ0n) is 21.2. The molecule has 2 atom stereocenters. The predicted molar refractivity (Wildman–Crippen MR) is 143 cm³/mol. The van der Waals surface area contributed by atoms with Crippen LogP contribution in [0.5, 0.6) is 0 Å². The highest BCUT2D eigenvalue weighted by Gasteiger charge is 2.70. The van der Waals surface area contributed by atoms with Gasteiger partial charge in [-0.25, -0.2) is 13.2 Å². The normalized spacial score (nSPS) is 21.7. The molecule has 39 heavy (non-hydrogen) atoms. The first-order valence-corrected chi connectivity index (χ1v) is 13.8. The van der Waals surface area contributed by atoms with Gasteiger partial charge in [0.25, 0.3) is 5.91 Å². The molecule has 0 unspecified atom stereocenters. The third kappa shape index (κ3) is 4.45. The Morgan fingerprint density at radius 2 is 1.74 bits per heavy atom. The van der Waals surface area contributed by atoms with Crippen LogP contribution in [0.1, 0.15) is 42.3 Å². The lowest BCUT2D eigenvalue weighted by Gasteiger charge is -2.38. The van der Waals surface area contributed by atoms with E-state index in [9.17, 15) is 18.0 Å². The van der Waals surface area contributed by atoms with E-state index < -0.39 is 44.0 Å². The number of aromatic nitrogens is 1. The molecule has 0 spiro atoms. The third-order valence-electron chi connectivity index (χ3n) is 7.09. The summed E-state index contributed by atoms with van der Waals surface area (Å²) < 4.78 is 31.7. The van der Waals surface area contributed by atoms with E-state index in [1.807, 2.05) is 60.7 Å². The molecule has 2 aliphatic heterocycles. The van der Waals surface area contributed by atoms with Gasteiger partial charge in [0.1, 0.15) is 4.75 Å². The summed E-state index contributed by atoms with van der Waals surface area (Å²) in [7, 11) is -4.01. The van der Waals surface area contributed by atoms with Crippen LogP contribution in [0, 0.1) is 0 Å². The van der Waals surface area contributed by atoms with E-state index in [1.54, 1.807) is 12.1 Å². The number of hydrogen-bond acceptors (Lipinski definition) is 7. The van der Waals surface area contributed by atoms with Crippen molar-refractivity contribution in [3.63, 3.8) is 0 Å². The average Bonchev–Trinajstić information content (AvgIpc) is 3.09. The third-order valence-corrected chi connectivity index (χ3v) is 9.85. The Kier molecular flexibility index (Phi) is 6.71. The van der Waals surface area contributed by atoms with Gasteiger partial charge in [-0.1, -0.05) is 65.8 Å². The fraction of sp³-hybridized carbons (Fsp3) is 0.250. The number of carbonyl (C=O) groups is 2. The lowest BCUT2D eigenvalue weighted by Crippen LogP contribution is -2.59. The molecule has 11 heteroatoms. The largest absolute Gasteiger partial charge is 0.451 e. The number of carbonyl (C=O) groups excluding carboxylic acids is 2. The number of sulfone groups is 1. The van der Waals surface area contributed by atoms with Crippen LogP contribution in [0.2, 0.25) is 0 Å². The Balaban J connectivity index is 1.48. The minimum Gasteiger partial charge on any atom is -0.451 e. The first kappa shape index (κ1) is 26.1. The van der Waals surface area contributed by atoms with Crippen molar-refractivity contribution in [3.8, 4) is 0 Å². The van der Waals surface area contributed by atoms with E-state index in [0.29, 0.717) is 11.3 Å². The highest BCUT2D eigenvalue weighted by atomic mass is 32.2. The van der Waals surface area contributed by atoms with Crippen LogP contribution in [0.15, 0.2) is 89.7 Å². The molecule has 2 aliphatic rings. The molecular formula is C28H25N5O5S. The lowest BCUT2D eigenvalue weighted by molar-refractivity contribution is -0.160. The summed E-state index contributed by atoms with van der Waals surface area (Å²) in [6.07, 6.45) is 2.10. The van der Waals surface area contributed by atoms with Crippen molar-refractivity contribution in [1.29, 1.82) is 0 Å². The zero-order chi connectivity index (χ0) is 27.8. The molecule has 2 fully saturated rings. The topological polar surface area (TPSA) is 142 Å². The van der Waals surface area contributed by atoms with Crippen LogP contribution >= 0.6 is 0 Å². The summed E-state index contributed by atoms with van der Waals surface area (Å²) in [6.45, 7) is 2.97. The molecule has 198 valence electrons. The van der Waals surface area contributed by atoms with Crippen LogP contribution in [0.4, 0.5) is 0 Å². The standard InChI is InChI=1S/C28H25N5O5S/c1-28(2)24(27(35)38-23(19-9-5-3-6-10-19)20-11-7-4-8-12-20)33-25(34)22(26(33)39(28,36)37)16-21-15-18(13-14-30-21)17-31-32-29/h3-16,23-24,26H,17H2,1-2H3/t24-,26+/m0/s1. The highest BCUT2D eigenvalue weighted by molar-refractivity contribution is 7.94. The smallest absolute Gasteiger partial charge is 0.331 e. The van der Waals surface area contributed by atoms with Gasteiger partial charge >= 0.3 is 5.97 Å². The maximum Gasteiger partial charge on any atom is 0.331 e. The number of β-lactam (4-membered cyclic amide) rings is 1. The van der Waals surface area contributed by atoms with Gasteiger partial charge < -0.3 is 9.64 Å². The molecule has 0 aliphatic carbocycles. The summed E-state index contributed by atoms with van der Waals surface area (Å²) in [6, 6.07) is 20.2. The van der Waals surface area contributed by atoms with E-state index in [2.05, 4.69) is 15.0 Å². The number of pyridine rings is 1. The second-order valence-corrected chi connectivity index (χ2v) is 12.4. The highest BCUT2D eigenvalue weighted by Crippen LogP contribution is 2.49. The molecule has 0 radical (unpaired) electrons. The quantitative estimate of drug-likeness (QED) is 0.108. The Morgan fingerprint density at radius 1 is 1.13 bits per heavy atom. The van der Waals surface area contributed by atoms with Crippen molar-refractivity contribution >= 4 is 27.8 Å². The van der Waals surface area contributed by atoms with E-state index in [0.717, 1.165) is 16.0 Å². The lowest BCUT2D eigenvalue weighted by atomic mass is 9.94. The van der Waals surface area contributed by atoms with E-state index in [-0.39, 0.29) is 12.1 Å². The number of amides is 1. The molecular weight excluding hydrogens is 518 g/mol. The number of fused-ring (bicyclic) bond motifs is 1. The van der Waals surface area contributed by atoms with E-state index in [1.165, 1.54) is 26.1 Å². The van der Waals surface area contributed by atoms with Gasteiger partial charge in [-0.15, -0.1) is 0 Å². The first-order valence-electron chi connectivity index (χ1n) is 12.2. The van der Waals surface area contributed by atoms with Gasteiger partial charge in [-0.05, 0) is 54.3 Å². The summed E-state index contributed by atoms with van der Waals surface area (Å²) in [4.78, 5) is 35.0. The number of ether oxygens (including phenoxy) is 1. The van der Waals surface area contributed by atoms with E-state index in [4.69, 9.17) is 10.3 Å². The molecule has 3 heterocycles. The minimum atomic E-state index is -4.01. The fourth-order valence-corrected chi connectivity index (χ4v) is 7.15. The van der Waals surface area contributed by atoms with Crippen molar-refractivity contribution in [2.45, 2.75) is 42.7 Å². The monoisotopic (exact) mass is 543 g/mol. The number of hydrogen-bond donors (Lipinski definition) is 0. The van der Waals surface area contributed by atoms with Crippen molar-refractivity contribution in [3.05, 3.63) is 117 Å². The molecule has 2 saturated heterocycles. The number of rotatable bonds is 7. The zero-order valence-corrected chi connectivity index (χ0v) is 22.0. The van der Waals surface area contributed by atoms with Gasteiger partial charge in [-0.2, -0.15) is 0 Å². The van der Waals surface area contributed by atoms with Crippen LogP contribution in [-0.2, 0) is 30.7 Å². The van der Waals surface area contributed by atoms with Gasteiger partial charge in [0.15, 0.2) is 27.4 Å². The summed E-state index contributed by atoms with van der Waals surface area (Å²) in [5.41, 5.74) is 11.0. The maximum absolute atomic E-state index is 13.7. The number of benzene rings is 2. The van der Waals surface area contributed by atoms with Crippen molar-refractivity contribution < 1.29 is 22.7 Å². The summed E-state index contributed by atoms with van der Waals surface area (Å²) in [5.74, 6) is -1.38. The molecule has 1 aromatic heterocycles. The first-order chi connectivity index (χ1) is 18.7. The van der Waals surface area contributed by atoms with Gasteiger partial charge in [0.05, 0.1) is 17.8 Å². The maximum atomic E-state index is 13.7. The van der Waals surface area contributed by atoms with Crippen molar-refractivity contribution in [2.75, 3.05) is 0 Å². The van der Waals surface area contributed by atoms with Crippen LogP contribution in [-0.4, -0.2) is 46.3 Å². The molecule has 2 aromatic carbocycles. The molecule has 0 N–H and O–H groups in total. The van der Waals surface area contributed by atoms with Crippen LogP contribution < -0.4 is 0 Å². The molecule has 5 rings (SSSR count). The average molecular weight is 544 g/mol. The number of esters is 1. The minimum absolute atomic E-state index is 0.0227. The predicted octanol–water partition coefficient (Wildman–Crippen LogP) is 4.35. The molecule has 0 saturated carbocycles. The second kappa shape index (κ2) is 10.0. The van der Waals surface area contributed by atoms with Crippen molar-refractivity contribution in [2.24, 2.45) is 5.11 Å². The Bertz CT molecular complexity index is 1580. The van der Waals surface area contributed by atoms with E-state index >= 15 is 0 Å². The number of nitrogens with zero attached hydrogens (tertiary/aromatic N) is 5.